The van der Waals surface area contributed by atoms with E-state index >= 15 is 0 Å². The molecule has 0 bridgehead atoms. The minimum absolute atomic E-state index is 0.00187. The van der Waals surface area contributed by atoms with E-state index in [1.807, 2.05) is 53.4 Å². The smallest absolute Gasteiger partial charge is 0.246 e. The summed E-state index contributed by atoms with van der Waals surface area (Å²) in [7, 11) is 0. The van der Waals surface area contributed by atoms with Crippen LogP contribution in [-0.4, -0.2) is 51.9 Å². The lowest BCUT2D eigenvalue weighted by Gasteiger charge is -2.34. The zero-order chi connectivity index (χ0) is 20.1. The van der Waals surface area contributed by atoms with Gasteiger partial charge < -0.3 is 4.90 Å². The molecule has 6 heteroatoms. The third kappa shape index (κ3) is 4.65. The molecule has 0 spiro atoms. The Morgan fingerprint density at radius 1 is 1.03 bits per heavy atom. The van der Waals surface area contributed by atoms with Crippen molar-refractivity contribution in [2.45, 2.75) is 6.54 Å². The molecular formula is C23H21N5O. The first-order chi connectivity index (χ1) is 14.2. The van der Waals surface area contributed by atoms with E-state index in [0.717, 1.165) is 30.7 Å². The summed E-state index contributed by atoms with van der Waals surface area (Å²) in [6.45, 7) is 3.88. The molecule has 0 unspecified atom stereocenters. The van der Waals surface area contributed by atoms with Crippen LogP contribution in [0.3, 0.4) is 0 Å². The van der Waals surface area contributed by atoms with Crippen LogP contribution in [0.1, 0.15) is 16.8 Å². The van der Waals surface area contributed by atoms with E-state index in [9.17, 15) is 4.79 Å². The van der Waals surface area contributed by atoms with E-state index in [1.54, 1.807) is 18.3 Å². The number of hydrogen-bond acceptors (Lipinski definition) is 5. The molecule has 0 N–H and O–H groups in total. The van der Waals surface area contributed by atoms with Gasteiger partial charge in [0, 0.05) is 38.8 Å². The van der Waals surface area contributed by atoms with E-state index in [0.29, 0.717) is 24.3 Å². The number of benzene rings is 2. The Bertz CT molecular complexity index is 1080. The van der Waals surface area contributed by atoms with Crippen molar-refractivity contribution in [3.8, 4) is 6.07 Å². The Balaban J connectivity index is 1.31. The first-order valence-electron chi connectivity index (χ1n) is 9.61. The largest absolute Gasteiger partial charge is 0.337 e. The van der Waals surface area contributed by atoms with Gasteiger partial charge in [-0.3, -0.25) is 14.7 Å². The van der Waals surface area contributed by atoms with E-state index in [-0.39, 0.29) is 5.91 Å². The van der Waals surface area contributed by atoms with E-state index < -0.39 is 0 Å². The van der Waals surface area contributed by atoms with Crippen LogP contribution in [0.15, 0.2) is 60.8 Å². The van der Waals surface area contributed by atoms with Crippen molar-refractivity contribution in [2.24, 2.45) is 0 Å². The first kappa shape index (κ1) is 18.8. The van der Waals surface area contributed by atoms with Gasteiger partial charge in [0.1, 0.15) is 0 Å². The van der Waals surface area contributed by atoms with Crippen molar-refractivity contribution in [3.05, 3.63) is 77.6 Å². The maximum Gasteiger partial charge on any atom is 0.246 e. The minimum Gasteiger partial charge on any atom is -0.337 e. The fourth-order valence-corrected chi connectivity index (χ4v) is 3.38. The standard InChI is InChI=1S/C23H21N5O/c24-15-18-5-7-19(8-6-18)17-27-11-13-28(14-12-27)23(29)10-9-20-16-25-21-3-1-2-4-22(21)26-20/h1-10,16H,11-14,17H2/b10-9+. The zero-order valence-corrected chi connectivity index (χ0v) is 16.0. The number of nitrogens with zero attached hydrogens (tertiary/aromatic N) is 5. The molecule has 2 heterocycles. The lowest BCUT2D eigenvalue weighted by molar-refractivity contribution is -0.127. The molecule has 1 saturated heterocycles. The average Bonchev–Trinajstić information content (AvgIpc) is 2.78. The predicted octanol–water partition coefficient (Wildman–Crippen LogP) is 2.86. The summed E-state index contributed by atoms with van der Waals surface area (Å²) >= 11 is 0. The molecule has 0 saturated carbocycles. The molecule has 3 aromatic rings. The number of carbonyl (C=O) groups excluding carboxylic acids is 1. The number of hydrogen-bond donors (Lipinski definition) is 0. The van der Waals surface area contributed by atoms with E-state index in [4.69, 9.17) is 5.26 Å². The maximum atomic E-state index is 12.5. The number of aromatic nitrogens is 2. The zero-order valence-electron chi connectivity index (χ0n) is 16.0. The first-order valence-corrected chi connectivity index (χ1v) is 9.61. The van der Waals surface area contributed by atoms with Gasteiger partial charge in [-0.15, -0.1) is 0 Å². The van der Waals surface area contributed by atoms with Gasteiger partial charge >= 0.3 is 0 Å². The molecule has 144 valence electrons. The van der Waals surface area contributed by atoms with Crippen molar-refractivity contribution in [2.75, 3.05) is 26.2 Å². The van der Waals surface area contributed by atoms with E-state index in [1.165, 1.54) is 5.56 Å². The Hall–Kier alpha value is -3.56. The second-order valence-electron chi connectivity index (χ2n) is 7.03. The molecule has 0 atom stereocenters. The highest BCUT2D eigenvalue weighted by Crippen LogP contribution is 2.12. The van der Waals surface area contributed by atoms with Gasteiger partial charge in [0.2, 0.25) is 5.91 Å². The number of rotatable bonds is 4. The van der Waals surface area contributed by atoms with Gasteiger partial charge in [-0.2, -0.15) is 5.26 Å². The van der Waals surface area contributed by atoms with Crippen LogP contribution in [0, 0.1) is 11.3 Å². The van der Waals surface area contributed by atoms with Crippen LogP contribution in [0.25, 0.3) is 17.1 Å². The number of carbonyl (C=O) groups is 1. The van der Waals surface area contributed by atoms with Gasteiger partial charge in [-0.25, -0.2) is 4.98 Å². The summed E-state index contributed by atoms with van der Waals surface area (Å²) in [5, 5.41) is 8.88. The number of piperazine rings is 1. The van der Waals surface area contributed by atoms with Crippen LogP contribution in [0.5, 0.6) is 0 Å². The number of fused-ring (bicyclic) bond motifs is 1. The molecule has 6 nitrogen and oxygen atoms in total. The summed E-state index contributed by atoms with van der Waals surface area (Å²) < 4.78 is 0. The molecule has 1 aliphatic rings. The van der Waals surface area contributed by atoms with Crippen molar-refractivity contribution in [3.63, 3.8) is 0 Å². The molecule has 0 radical (unpaired) electrons. The SMILES string of the molecule is N#Cc1ccc(CN2CCN(C(=O)/C=C/c3cnc4ccccc4n3)CC2)cc1. The fraction of sp³-hybridized carbons (Fsp3) is 0.217. The molecule has 4 rings (SSSR count). The molecular weight excluding hydrogens is 362 g/mol. The quantitative estimate of drug-likeness (QED) is 0.648. The summed E-state index contributed by atoms with van der Waals surface area (Å²) in [5.41, 5.74) is 4.19. The Labute approximate surface area is 169 Å². The second kappa shape index (κ2) is 8.63. The third-order valence-electron chi connectivity index (χ3n) is 5.04. The molecule has 1 aliphatic heterocycles. The normalized spacial score (nSPS) is 14.9. The number of amides is 1. The van der Waals surface area contributed by atoms with Gasteiger partial charge in [-0.1, -0.05) is 24.3 Å². The maximum absolute atomic E-state index is 12.5. The average molecular weight is 383 g/mol. The Morgan fingerprint density at radius 3 is 2.48 bits per heavy atom. The number of nitriles is 1. The van der Waals surface area contributed by atoms with Crippen LogP contribution in [0.2, 0.25) is 0 Å². The fourth-order valence-electron chi connectivity index (χ4n) is 3.38. The molecule has 1 amide bonds. The third-order valence-corrected chi connectivity index (χ3v) is 5.04. The highest BCUT2D eigenvalue weighted by atomic mass is 16.2. The summed E-state index contributed by atoms with van der Waals surface area (Å²) in [4.78, 5) is 25.6. The van der Waals surface area contributed by atoms with Gasteiger partial charge in [0.25, 0.3) is 0 Å². The lowest BCUT2D eigenvalue weighted by atomic mass is 10.1. The van der Waals surface area contributed by atoms with Crippen molar-refractivity contribution < 1.29 is 4.79 Å². The van der Waals surface area contributed by atoms with Crippen LogP contribution in [0.4, 0.5) is 0 Å². The monoisotopic (exact) mass is 383 g/mol. The van der Waals surface area contributed by atoms with Crippen molar-refractivity contribution in [1.82, 2.24) is 19.8 Å². The van der Waals surface area contributed by atoms with Gasteiger partial charge in [-0.05, 0) is 35.9 Å². The van der Waals surface area contributed by atoms with E-state index in [2.05, 4.69) is 20.9 Å². The van der Waals surface area contributed by atoms with Crippen LogP contribution >= 0.6 is 0 Å². The van der Waals surface area contributed by atoms with Crippen molar-refractivity contribution in [1.29, 1.82) is 5.26 Å². The van der Waals surface area contributed by atoms with Gasteiger partial charge in [0.05, 0.1) is 34.6 Å². The second-order valence-corrected chi connectivity index (χ2v) is 7.03. The molecule has 1 fully saturated rings. The Morgan fingerprint density at radius 2 is 1.76 bits per heavy atom. The van der Waals surface area contributed by atoms with Crippen molar-refractivity contribution >= 4 is 23.0 Å². The van der Waals surface area contributed by atoms with Crippen LogP contribution < -0.4 is 0 Å². The molecule has 29 heavy (non-hydrogen) atoms. The highest BCUT2D eigenvalue weighted by Gasteiger charge is 2.19. The summed E-state index contributed by atoms with van der Waals surface area (Å²) in [6.07, 6.45) is 4.99. The predicted molar refractivity (Wildman–Crippen MR) is 112 cm³/mol. The minimum atomic E-state index is -0.00187. The molecule has 1 aromatic heterocycles. The lowest BCUT2D eigenvalue weighted by Crippen LogP contribution is -2.47. The van der Waals surface area contributed by atoms with Crippen LogP contribution in [-0.2, 0) is 11.3 Å². The van der Waals surface area contributed by atoms with Gasteiger partial charge in [0.15, 0.2) is 0 Å². The Kier molecular flexibility index (Phi) is 5.59. The topological polar surface area (TPSA) is 73.1 Å². The number of para-hydroxylation sites is 2. The molecule has 2 aromatic carbocycles. The summed E-state index contributed by atoms with van der Waals surface area (Å²) in [5.74, 6) is -0.00187. The molecule has 0 aliphatic carbocycles. The highest BCUT2D eigenvalue weighted by molar-refractivity contribution is 5.91. The summed E-state index contributed by atoms with van der Waals surface area (Å²) in [6, 6.07) is 17.5.